The molecule has 24 heavy (non-hydrogen) atoms. The van der Waals surface area contributed by atoms with Crippen LogP contribution in [0.1, 0.15) is 18.8 Å². The van der Waals surface area contributed by atoms with Gasteiger partial charge in [-0.15, -0.1) is 15.0 Å². The van der Waals surface area contributed by atoms with Gasteiger partial charge >= 0.3 is 6.09 Å². The molecule has 1 fully saturated rings. The quantitative estimate of drug-likeness (QED) is 0.904. The van der Waals surface area contributed by atoms with Crippen molar-refractivity contribution in [2.24, 2.45) is 0 Å². The van der Waals surface area contributed by atoms with E-state index in [0.717, 1.165) is 4.80 Å². The predicted molar refractivity (Wildman–Crippen MR) is 83.7 cm³/mol. The molecule has 2 heterocycles. The van der Waals surface area contributed by atoms with Crippen molar-refractivity contribution < 1.29 is 14.3 Å². The molecule has 10 heteroatoms. The van der Waals surface area contributed by atoms with Crippen molar-refractivity contribution in [3.05, 3.63) is 34.9 Å². The number of nitrogens with zero attached hydrogens (tertiary/aromatic N) is 6. The maximum atomic E-state index is 13.9. The largest absolute Gasteiger partial charge is 0.465 e. The topological polar surface area (TPSA) is 87.4 Å². The van der Waals surface area contributed by atoms with E-state index in [1.54, 1.807) is 0 Å². The summed E-state index contributed by atoms with van der Waals surface area (Å²) in [6, 6.07) is 3.97. The lowest BCUT2D eigenvalue weighted by Crippen LogP contribution is -2.49. The fraction of sp³-hybridized carbons (Fsp3) is 0.429. The number of carbonyl (C=O) groups is 1. The lowest BCUT2D eigenvalue weighted by atomic mass is 10.2. The molecule has 1 aromatic heterocycles. The second-order valence-corrected chi connectivity index (χ2v) is 5.95. The van der Waals surface area contributed by atoms with E-state index >= 15 is 0 Å². The van der Waals surface area contributed by atoms with E-state index in [1.807, 2.05) is 6.92 Å². The van der Waals surface area contributed by atoms with Gasteiger partial charge in [0.05, 0.1) is 6.04 Å². The van der Waals surface area contributed by atoms with Crippen LogP contribution in [0.2, 0.25) is 5.02 Å². The van der Waals surface area contributed by atoms with Gasteiger partial charge in [-0.25, -0.2) is 9.18 Å². The molecule has 0 radical (unpaired) electrons. The number of benzene rings is 1. The summed E-state index contributed by atoms with van der Waals surface area (Å²) in [5, 5.41) is 21.5. The fourth-order valence-electron chi connectivity index (χ4n) is 2.60. The first kappa shape index (κ1) is 16.6. The molecule has 1 aliphatic rings. The Kier molecular flexibility index (Phi) is 4.63. The third-order valence-electron chi connectivity index (χ3n) is 4.06. The Labute approximate surface area is 142 Å². The minimum absolute atomic E-state index is 0.129. The van der Waals surface area contributed by atoms with Gasteiger partial charge in [-0.3, -0.25) is 4.90 Å². The molecule has 3 rings (SSSR count). The first-order valence-corrected chi connectivity index (χ1v) is 7.81. The highest BCUT2D eigenvalue weighted by Gasteiger charge is 2.27. The van der Waals surface area contributed by atoms with Crippen LogP contribution in [0.3, 0.4) is 0 Å². The molecular weight excluding hydrogens is 339 g/mol. The Balaban J connectivity index is 1.74. The van der Waals surface area contributed by atoms with Crippen LogP contribution in [-0.4, -0.2) is 67.4 Å². The van der Waals surface area contributed by atoms with Gasteiger partial charge in [0.25, 0.3) is 0 Å². The van der Waals surface area contributed by atoms with Crippen molar-refractivity contribution in [2.45, 2.75) is 13.0 Å². The number of hydrogen-bond acceptors (Lipinski definition) is 5. The summed E-state index contributed by atoms with van der Waals surface area (Å²) in [7, 11) is 0. The average molecular weight is 355 g/mol. The number of piperazine rings is 1. The van der Waals surface area contributed by atoms with E-state index in [2.05, 4.69) is 20.3 Å². The van der Waals surface area contributed by atoms with Crippen LogP contribution in [0, 0.1) is 5.82 Å². The number of tetrazole rings is 1. The minimum Gasteiger partial charge on any atom is -0.465 e. The average Bonchev–Trinajstić information content (AvgIpc) is 3.06. The van der Waals surface area contributed by atoms with E-state index in [1.165, 1.54) is 23.1 Å². The van der Waals surface area contributed by atoms with Crippen LogP contribution in [0.5, 0.6) is 0 Å². The number of amides is 1. The lowest BCUT2D eigenvalue weighted by Gasteiger charge is -2.35. The monoisotopic (exact) mass is 354 g/mol. The second kappa shape index (κ2) is 6.70. The van der Waals surface area contributed by atoms with Crippen molar-refractivity contribution in [2.75, 3.05) is 26.2 Å². The Hall–Kier alpha value is -2.26. The molecule has 0 bridgehead atoms. The molecular formula is C14H16ClFN6O2. The molecule has 128 valence electrons. The highest BCUT2D eigenvalue weighted by atomic mass is 35.5. The highest BCUT2D eigenvalue weighted by molar-refractivity contribution is 6.30. The SMILES string of the molecule is C[C@H](c1nnn(-c2cc(Cl)ccc2F)n1)N1CCN(C(=O)O)CC1. The molecule has 1 amide bonds. The van der Waals surface area contributed by atoms with E-state index in [0.29, 0.717) is 37.0 Å². The normalized spacial score (nSPS) is 17.0. The predicted octanol–water partition coefficient (Wildman–Crippen LogP) is 1.81. The van der Waals surface area contributed by atoms with Crippen LogP contribution in [0.15, 0.2) is 18.2 Å². The van der Waals surface area contributed by atoms with Gasteiger partial charge in [0, 0.05) is 31.2 Å². The summed E-state index contributed by atoms with van der Waals surface area (Å²) in [5.41, 5.74) is 0.129. The summed E-state index contributed by atoms with van der Waals surface area (Å²) in [6.45, 7) is 3.92. The number of hydrogen-bond donors (Lipinski definition) is 1. The van der Waals surface area contributed by atoms with Gasteiger partial charge in [0.15, 0.2) is 11.6 Å². The summed E-state index contributed by atoms with van der Waals surface area (Å²) >= 11 is 5.88. The van der Waals surface area contributed by atoms with E-state index < -0.39 is 11.9 Å². The maximum Gasteiger partial charge on any atom is 0.407 e. The van der Waals surface area contributed by atoms with Crippen LogP contribution in [-0.2, 0) is 0 Å². The van der Waals surface area contributed by atoms with Gasteiger partial charge in [-0.1, -0.05) is 11.6 Å². The van der Waals surface area contributed by atoms with Gasteiger partial charge in [-0.05, 0) is 30.3 Å². The smallest absolute Gasteiger partial charge is 0.407 e. The molecule has 0 unspecified atom stereocenters. The van der Waals surface area contributed by atoms with Crippen LogP contribution in [0.25, 0.3) is 5.69 Å². The van der Waals surface area contributed by atoms with Gasteiger partial charge in [0.1, 0.15) is 5.69 Å². The van der Waals surface area contributed by atoms with Crippen molar-refractivity contribution >= 4 is 17.7 Å². The molecule has 1 N–H and O–H groups in total. The van der Waals surface area contributed by atoms with Crippen molar-refractivity contribution in [3.63, 3.8) is 0 Å². The molecule has 0 aliphatic carbocycles. The first-order chi connectivity index (χ1) is 11.5. The summed E-state index contributed by atoms with van der Waals surface area (Å²) in [6.07, 6.45) is -0.914. The summed E-state index contributed by atoms with van der Waals surface area (Å²) < 4.78 is 13.9. The molecule has 1 atom stereocenters. The first-order valence-electron chi connectivity index (χ1n) is 7.43. The number of aromatic nitrogens is 4. The van der Waals surface area contributed by atoms with Crippen LogP contribution in [0.4, 0.5) is 9.18 Å². The van der Waals surface area contributed by atoms with Crippen molar-refractivity contribution in [1.82, 2.24) is 30.0 Å². The van der Waals surface area contributed by atoms with Crippen LogP contribution < -0.4 is 0 Å². The zero-order chi connectivity index (χ0) is 17.3. The van der Waals surface area contributed by atoms with E-state index in [-0.39, 0.29) is 11.7 Å². The number of carboxylic acid groups (broad SMARTS) is 1. The Bertz CT molecular complexity index is 747. The number of rotatable bonds is 3. The standard InChI is InChI=1S/C14H16ClFN6O2/c1-9(20-4-6-21(7-5-20)14(23)24)13-17-19-22(18-13)12-8-10(15)2-3-11(12)16/h2-3,8-9H,4-7H2,1H3,(H,23,24)/t9-/m1/s1. The summed E-state index contributed by atoms with van der Waals surface area (Å²) in [5.74, 6) is -0.0516. The fourth-order valence-corrected chi connectivity index (χ4v) is 2.76. The Morgan fingerprint density at radius 2 is 2.04 bits per heavy atom. The van der Waals surface area contributed by atoms with Gasteiger partial charge < -0.3 is 10.0 Å². The minimum atomic E-state index is -0.914. The Morgan fingerprint density at radius 1 is 1.33 bits per heavy atom. The highest BCUT2D eigenvalue weighted by Crippen LogP contribution is 2.20. The zero-order valence-corrected chi connectivity index (χ0v) is 13.7. The lowest BCUT2D eigenvalue weighted by molar-refractivity contribution is 0.0869. The maximum absolute atomic E-state index is 13.9. The second-order valence-electron chi connectivity index (χ2n) is 5.51. The molecule has 1 aliphatic heterocycles. The molecule has 1 aromatic carbocycles. The van der Waals surface area contributed by atoms with Crippen molar-refractivity contribution in [1.29, 1.82) is 0 Å². The van der Waals surface area contributed by atoms with E-state index in [4.69, 9.17) is 16.7 Å². The Morgan fingerprint density at radius 3 is 2.71 bits per heavy atom. The molecule has 0 saturated carbocycles. The van der Waals surface area contributed by atoms with Gasteiger partial charge in [0.2, 0.25) is 0 Å². The molecule has 2 aromatic rings. The number of halogens is 2. The van der Waals surface area contributed by atoms with Crippen molar-refractivity contribution in [3.8, 4) is 5.69 Å². The van der Waals surface area contributed by atoms with Crippen LogP contribution >= 0.6 is 11.6 Å². The zero-order valence-electron chi connectivity index (χ0n) is 12.9. The molecule has 1 saturated heterocycles. The summed E-state index contributed by atoms with van der Waals surface area (Å²) in [4.78, 5) is 15.5. The third kappa shape index (κ3) is 3.31. The molecule has 0 spiro atoms. The third-order valence-corrected chi connectivity index (χ3v) is 4.29. The molecule has 8 nitrogen and oxygen atoms in total. The van der Waals surface area contributed by atoms with E-state index in [9.17, 15) is 9.18 Å². The van der Waals surface area contributed by atoms with Gasteiger partial charge in [-0.2, -0.15) is 0 Å².